The molecule has 0 atom stereocenters. The van der Waals surface area contributed by atoms with E-state index in [1.807, 2.05) is 42.7 Å². The lowest BCUT2D eigenvalue weighted by atomic mass is 10.1. The number of halogens is 2. The highest BCUT2D eigenvalue weighted by atomic mass is 32.2. The van der Waals surface area contributed by atoms with Crippen molar-refractivity contribution in [1.82, 2.24) is 9.78 Å². The highest BCUT2D eigenvalue weighted by Gasteiger charge is 2.17. The molecule has 0 aliphatic heterocycles. The zero-order valence-electron chi connectivity index (χ0n) is 13.2. The largest absolute Gasteiger partial charge is 0.497 e. The predicted molar refractivity (Wildman–Crippen MR) is 92.3 cm³/mol. The summed E-state index contributed by atoms with van der Waals surface area (Å²) < 4.78 is 33.0. The normalized spacial score (nSPS) is 11.0. The lowest BCUT2D eigenvalue weighted by molar-refractivity contribution is 0.145. The van der Waals surface area contributed by atoms with Crippen LogP contribution >= 0.6 is 11.8 Å². The van der Waals surface area contributed by atoms with Crippen molar-refractivity contribution in [1.29, 1.82) is 0 Å². The van der Waals surface area contributed by atoms with E-state index in [9.17, 15) is 8.78 Å². The van der Waals surface area contributed by atoms with Crippen LogP contribution in [0.4, 0.5) is 8.78 Å². The lowest BCUT2D eigenvalue weighted by Gasteiger charge is -2.09. The Morgan fingerprint density at radius 3 is 2.25 bits per heavy atom. The van der Waals surface area contributed by atoms with Gasteiger partial charge in [-0.1, -0.05) is 0 Å². The number of thioether (sulfide) groups is 1. The number of hydrogen-bond donors (Lipinski definition) is 0. The Labute approximate surface area is 143 Å². The minimum Gasteiger partial charge on any atom is -0.497 e. The Balaban J connectivity index is 2.09. The monoisotopic (exact) mass is 346 g/mol. The fraction of sp³-hybridized carbons (Fsp3) is 0.167. The Kier molecular flexibility index (Phi) is 4.85. The summed E-state index contributed by atoms with van der Waals surface area (Å²) in [7, 11) is 1.58. The molecule has 0 amide bonds. The van der Waals surface area contributed by atoms with Crippen molar-refractivity contribution in [2.24, 2.45) is 0 Å². The number of methoxy groups -OCH3 is 1. The van der Waals surface area contributed by atoms with E-state index in [4.69, 9.17) is 4.74 Å². The van der Waals surface area contributed by atoms with Crippen molar-refractivity contribution < 1.29 is 13.5 Å². The van der Waals surface area contributed by atoms with E-state index in [0.29, 0.717) is 11.4 Å². The Bertz CT molecular complexity index is 749. The van der Waals surface area contributed by atoms with Gasteiger partial charge in [0, 0.05) is 10.5 Å². The van der Waals surface area contributed by atoms with Gasteiger partial charge in [-0.15, -0.1) is 11.8 Å². The SMILES string of the molecule is COc1ccc(-c2cc(C(F)F)nn2-c2ccc(SC)cc2)cc1. The van der Waals surface area contributed by atoms with E-state index in [1.165, 1.54) is 6.07 Å². The molecular formula is C18H16F2N2OS. The lowest BCUT2D eigenvalue weighted by Crippen LogP contribution is -2.00. The van der Waals surface area contributed by atoms with Crippen molar-refractivity contribution in [3.05, 3.63) is 60.3 Å². The summed E-state index contributed by atoms with van der Waals surface area (Å²) in [6, 6.07) is 16.3. The first-order valence-electron chi connectivity index (χ1n) is 7.29. The second-order valence-corrected chi connectivity index (χ2v) is 5.97. The van der Waals surface area contributed by atoms with Crippen molar-refractivity contribution >= 4 is 11.8 Å². The molecule has 2 aromatic carbocycles. The van der Waals surface area contributed by atoms with Gasteiger partial charge in [-0.05, 0) is 60.9 Å². The highest BCUT2D eigenvalue weighted by Crippen LogP contribution is 2.29. The highest BCUT2D eigenvalue weighted by molar-refractivity contribution is 7.98. The van der Waals surface area contributed by atoms with E-state index < -0.39 is 6.43 Å². The number of hydrogen-bond acceptors (Lipinski definition) is 3. The van der Waals surface area contributed by atoms with E-state index >= 15 is 0 Å². The second kappa shape index (κ2) is 7.05. The van der Waals surface area contributed by atoms with Crippen LogP contribution in [0.2, 0.25) is 0 Å². The molecule has 0 spiro atoms. The van der Waals surface area contributed by atoms with Gasteiger partial charge in [-0.3, -0.25) is 0 Å². The zero-order valence-corrected chi connectivity index (χ0v) is 14.1. The summed E-state index contributed by atoms with van der Waals surface area (Å²) in [6.45, 7) is 0. The van der Waals surface area contributed by atoms with Crippen molar-refractivity contribution in [2.75, 3.05) is 13.4 Å². The summed E-state index contributed by atoms with van der Waals surface area (Å²) in [5, 5.41) is 4.08. The van der Waals surface area contributed by atoms with Gasteiger partial charge >= 0.3 is 0 Å². The van der Waals surface area contributed by atoms with E-state index in [0.717, 1.165) is 16.1 Å². The fourth-order valence-corrected chi connectivity index (χ4v) is 2.80. The zero-order chi connectivity index (χ0) is 17.1. The van der Waals surface area contributed by atoms with Crippen LogP contribution in [-0.4, -0.2) is 23.1 Å². The molecule has 3 nitrogen and oxygen atoms in total. The Morgan fingerprint density at radius 1 is 1.04 bits per heavy atom. The molecule has 3 aromatic rings. The number of ether oxygens (including phenoxy) is 1. The number of alkyl halides is 2. The third-order valence-electron chi connectivity index (χ3n) is 3.65. The molecule has 0 unspecified atom stereocenters. The molecule has 0 aliphatic rings. The third kappa shape index (κ3) is 3.28. The van der Waals surface area contributed by atoms with Crippen LogP contribution in [0.5, 0.6) is 5.75 Å². The topological polar surface area (TPSA) is 27.1 Å². The molecule has 24 heavy (non-hydrogen) atoms. The van der Waals surface area contributed by atoms with Gasteiger partial charge in [-0.2, -0.15) is 5.10 Å². The Hall–Kier alpha value is -2.34. The molecule has 0 fully saturated rings. The van der Waals surface area contributed by atoms with Gasteiger partial charge < -0.3 is 4.74 Å². The molecule has 0 bridgehead atoms. The molecule has 124 valence electrons. The first kappa shape index (κ1) is 16.5. The molecule has 0 saturated carbocycles. The first-order valence-corrected chi connectivity index (χ1v) is 8.52. The maximum Gasteiger partial charge on any atom is 0.282 e. The van der Waals surface area contributed by atoms with Crippen LogP contribution in [0, 0.1) is 0 Å². The molecule has 6 heteroatoms. The van der Waals surface area contributed by atoms with Crippen LogP contribution in [0.25, 0.3) is 16.9 Å². The number of nitrogens with zero attached hydrogens (tertiary/aromatic N) is 2. The average molecular weight is 346 g/mol. The number of benzene rings is 2. The standard InChI is InChI=1S/C18H16F2N2OS/c1-23-14-7-3-12(4-8-14)17-11-16(18(19)20)21-22(17)13-5-9-15(24-2)10-6-13/h3-11,18H,1-2H3. The van der Waals surface area contributed by atoms with Gasteiger partial charge in [-0.25, -0.2) is 13.5 Å². The average Bonchev–Trinajstić information content (AvgIpc) is 3.07. The van der Waals surface area contributed by atoms with Gasteiger partial charge in [0.15, 0.2) is 0 Å². The second-order valence-electron chi connectivity index (χ2n) is 5.09. The van der Waals surface area contributed by atoms with E-state index in [-0.39, 0.29) is 5.69 Å². The van der Waals surface area contributed by atoms with Crippen molar-refractivity contribution in [3.63, 3.8) is 0 Å². The van der Waals surface area contributed by atoms with E-state index in [2.05, 4.69) is 5.10 Å². The molecule has 1 aromatic heterocycles. The minimum atomic E-state index is -2.62. The number of rotatable bonds is 5. The van der Waals surface area contributed by atoms with Crippen LogP contribution in [0.15, 0.2) is 59.5 Å². The Morgan fingerprint density at radius 2 is 1.71 bits per heavy atom. The molecular weight excluding hydrogens is 330 g/mol. The summed E-state index contributed by atoms with van der Waals surface area (Å²) in [4.78, 5) is 1.10. The minimum absolute atomic E-state index is 0.241. The van der Waals surface area contributed by atoms with Crippen molar-refractivity contribution in [2.45, 2.75) is 11.3 Å². The van der Waals surface area contributed by atoms with Crippen molar-refractivity contribution in [3.8, 4) is 22.7 Å². The molecule has 0 aliphatic carbocycles. The molecule has 1 heterocycles. The van der Waals surface area contributed by atoms with E-state index in [1.54, 1.807) is 35.7 Å². The summed E-state index contributed by atoms with van der Waals surface area (Å²) in [5.74, 6) is 0.711. The molecule has 0 radical (unpaired) electrons. The smallest absolute Gasteiger partial charge is 0.282 e. The summed E-state index contributed by atoms with van der Waals surface area (Å²) >= 11 is 1.62. The van der Waals surface area contributed by atoms with Crippen LogP contribution in [-0.2, 0) is 0 Å². The van der Waals surface area contributed by atoms with Gasteiger partial charge in [0.2, 0.25) is 0 Å². The maximum atomic E-state index is 13.1. The predicted octanol–water partition coefficient (Wildman–Crippen LogP) is 5.21. The summed E-state index contributed by atoms with van der Waals surface area (Å²) in [6.07, 6.45) is -0.630. The van der Waals surface area contributed by atoms with Crippen LogP contribution < -0.4 is 4.74 Å². The molecule has 0 N–H and O–H groups in total. The van der Waals surface area contributed by atoms with Gasteiger partial charge in [0.1, 0.15) is 11.4 Å². The maximum absolute atomic E-state index is 13.1. The van der Waals surface area contributed by atoms with Crippen LogP contribution in [0.3, 0.4) is 0 Å². The quantitative estimate of drug-likeness (QED) is 0.594. The molecule has 3 rings (SSSR count). The number of aromatic nitrogens is 2. The third-order valence-corrected chi connectivity index (χ3v) is 4.40. The first-order chi connectivity index (χ1) is 11.6. The van der Waals surface area contributed by atoms with Crippen LogP contribution in [0.1, 0.15) is 12.1 Å². The fourth-order valence-electron chi connectivity index (χ4n) is 2.39. The summed E-state index contributed by atoms with van der Waals surface area (Å²) in [5.41, 5.74) is 1.91. The van der Waals surface area contributed by atoms with Gasteiger partial charge in [0.25, 0.3) is 6.43 Å². The molecule has 0 saturated heterocycles. The van der Waals surface area contributed by atoms with Gasteiger partial charge in [0.05, 0.1) is 18.5 Å².